The van der Waals surface area contributed by atoms with Crippen LogP contribution < -0.4 is 10.3 Å². The van der Waals surface area contributed by atoms with E-state index in [4.69, 9.17) is 14.7 Å². The summed E-state index contributed by atoms with van der Waals surface area (Å²) in [4.78, 5) is 30.2. The maximum atomic E-state index is 11.8. The van der Waals surface area contributed by atoms with Crippen LogP contribution in [0.3, 0.4) is 0 Å². The number of para-hydroxylation sites is 1. The molecule has 1 N–H and O–H groups in total. The van der Waals surface area contributed by atoms with Gasteiger partial charge in [0.25, 0.3) is 5.56 Å². The van der Waals surface area contributed by atoms with Crippen LogP contribution in [0.2, 0.25) is 0 Å². The molecule has 130 valence electrons. The van der Waals surface area contributed by atoms with Crippen molar-refractivity contribution in [1.29, 1.82) is 5.26 Å². The number of esters is 1. The van der Waals surface area contributed by atoms with Gasteiger partial charge >= 0.3 is 5.97 Å². The van der Waals surface area contributed by atoms with E-state index in [0.29, 0.717) is 23.0 Å². The van der Waals surface area contributed by atoms with Gasteiger partial charge in [-0.1, -0.05) is 36.9 Å². The van der Waals surface area contributed by atoms with Crippen molar-refractivity contribution in [2.45, 2.75) is 18.5 Å². The minimum Gasteiger partial charge on any atom is -0.490 e. The second kappa shape index (κ2) is 9.49. The molecule has 0 fully saturated rings. The summed E-state index contributed by atoms with van der Waals surface area (Å²) in [6.07, 6.45) is 0.460. The van der Waals surface area contributed by atoms with Crippen LogP contribution in [0.5, 0.6) is 5.75 Å². The first kappa shape index (κ1) is 18.5. The molecule has 8 heteroatoms. The molecule has 0 saturated heterocycles. The normalized spacial score (nSPS) is 10.1. The zero-order valence-electron chi connectivity index (χ0n) is 13.7. The molecule has 0 radical (unpaired) electrons. The van der Waals surface area contributed by atoms with Crippen LogP contribution in [0.15, 0.2) is 40.3 Å². The minimum absolute atomic E-state index is 0.00331. The Morgan fingerprint density at radius 1 is 1.32 bits per heavy atom. The van der Waals surface area contributed by atoms with E-state index in [-0.39, 0.29) is 24.5 Å². The molecular formula is C17H17N3O4S. The van der Waals surface area contributed by atoms with Crippen LogP contribution in [0.25, 0.3) is 0 Å². The number of nitrogens with zero attached hydrogens (tertiary/aromatic N) is 2. The van der Waals surface area contributed by atoms with Crippen molar-refractivity contribution < 1.29 is 14.3 Å². The van der Waals surface area contributed by atoms with Gasteiger partial charge in [0.05, 0.1) is 11.4 Å². The zero-order chi connectivity index (χ0) is 18.1. The number of nitrogens with one attached hydrogen (secondary N) is 1. The highest BCUT2D eigenvalue weighted by molar-refractivity contribution is 7.99. The summed E-state index contributed by atoms with van der Waals surface area (Å²) in [7, 11) is 0. The fourth-order valence-electron chi connectivity index (χ4n) is 1.94. The number of carbonyl (C=O) groups excluding carboxylic acids is 1. The van der Waals surface area contributed by atoms with E-state index in [1.165, 1.54) is 0 Å². The van der Waals surface area contributed by atoms with Gasteiger partial charge in [-0.25, -0.2) is 4.98 Å². The molecule has 1 heterocycles. The predicted octanol–water partition coefficient (Wildman–Crippen LogP) is 1.92. The maximum Gasteiger partial charge on any atom is 0.316 e. The van der Waals surface area contributed by atoms with Crippen LogP contribution >= 0.6 is 11.8 Å². The Kier molecular flexibility index (Phi) is 7.04. The summed E-state index contributed by atoms with van der Waals surface area (Å²) in [5.41, 5.74) is -0.0765. The lowest BCUT2D eigenvalue weighted by molar-refractivity contribution is -0.141. The lowest BCUT2D eigenvalue weighted by atomic mass is 10.2. The van der Waals surface area contributed by atoms with Gasteiger partial charge in [0, 0.05) is 0 Å². The van der Waals surface area contributed by atoms with Gasteiger partial charge < -0.3 is 14.5 Å². The summed E-state index contributed by atoms with van der Waals surface area (Å²) in [6.45, 7) is 2.19. The quantitative estimate of drug-likeness (QED) is 0.332. The Morgan fingerprint density at radius 3 is 2.76 bits per heavy atom. The molecule has 0 unspecified atom stereocenters. The average molecular weight is 359 g/mol. The molecular weight excluding hydrogens is 342 g/mol. The third-order valence-electron chi connectivity index (χ3n) is 3.10. The monoisotopic (exact) mass is 359 g/mol. The Bertz CT molecular complexity index is 815. The number of aromatic nitrogens is 2. The number of benzene rings is 1. The van der Waals surface area contributed by atoms with Crippen molar-refractivity contribution >= 4 is 17.7 Å². The van der Waals surface area contributed by atoms with E-state index in [0.717, 1.165) is 11.8 Å². The predicted molar refractivity (Wildman–Crippen MR) is 92.6 cm³/mol. The Balaban J connectivity index is 1.77. The summed E-state index contributed by atoms with van der Waals surface area (Å²) in [6, 6.07) is 11.1. The van der Waals surface area contributed by atoms with Crippen molar-refractivity contribution in [3.63, 3.8) is 0 Å². The molecule has 1 aromatic carbocycles. The molecule has 2 aromatic rings. The standard InChI is InChI=1S/C17H17N3O4S/c1-2-14-13(10-18)16(22)20-17(19-14)25-11-15(21)24-9-8-23-12-6-4-3-5-7-12/h3-7H,2,8-9,11H2,1H3,(H,19,20,22). The Labute approximate surface area is 149 Å². The molecule has 0 aliphatic carbocycles. The molecule has 7 nitrogen and oxygen atoms in total. The number of ether oxygens (including phenoxy) is 2. The van der Waals surface area contributed by atoms with Crippen LogP contribution in [-0.2, 0) is 16.0 Å². The SMILES string of the molecule is CCc1nc(SCC(=O)OCCOc2ccccc2)[nH]c(=O)c1C#N. The zero-order valence-corrected chi connectivity index (χ0v) is 14.5. The number of H-pyrrole nitrogens is 1. The van der Waals surface area contributed by atoms with Gasteiger partial charge in [-0.3, -0.25) is 9.59 Å². The molecule has 0 aliphatic heterocycles. The molecule has 2 rings (SSSR count). The summed E-state index contributed by atoms with van der Waals surface area (Å²) in [5, 5.41) is 9.23. The van der Waals surface area contributed by atoms with Crippen LogP contribution in [-0.4, -0.2) is 34.9 Å². The van der Waals surface area contributed by atoms with E-state index in [1.54, 1.807) is 6.92 Å². The molecule has 0 aliphatic rings. The first-order valence-corrected chi connectivity index (χ1v) is 8.62. The Morgan fingerprint density at radius 2 is 2.08 bits per heavy atom. The Hall–Kier alpha value is -2.79. The van der Waals surface area contributed by atoms with Crippen molar-refractivity contribution in [2.24, 2.45) is 0 Å². The largest absolute Gasteiger partial charge is 0.490 e. The van der Waals surface area contributed by atoms with Gasteiger partial charge in [-0.2, -0.15) is 5.26 Å². The number of nitriles is 1. The van der Waals surface area contributed by atoms with Crippen molar-refractivity contribution in [3.05, 3.63) is 51.9 Å². The van der Waals surface area contributed by atoms with Gasteiger partial charge in [-0.15, -0.1) is 0 Å². The van der Waals surface area contributed by atoms with Crippen LogP contribution in [0.1, 0.15) is 18.2 Å². The smallest absolute Gasteiger partial charge is 0.316 e. The number of hydrogen-bond acceptors (Lipinski definition) is 7. The van der Waals surface area contributed by atoms with Gasteiger partial charge in [0.1, 0.15) is 30.6 Å². The van der Waals surface area contributed by atoms with E-state index in [1.807, 2.05) is 36.4 Å². The summed E-state index contributed by atoms with van der Waals surface area (Å²) < 4.78 is 10.5. The molecule has 25 heavy (non-hydrogen) atoms. The third-order valence-corrected chi connectivity index (χ3v) is 3.95. The first-order valence-electron chi connectivity index (χ1n) is 7.63. The van der Waals surface area contributed by atoms with Gasteiger partial charge in [0.2, 0.25) is 0 Å². The number of aromatic amines is 1. The highest BCUT2D eigenvalue weighted by Gasteiger charge is 2.12. The van der Waals surface area contributed by atoms with E-state index >= 15 is 0 Å². The first-order chi connectivity index (χ1) is 12.1. The molecule has 0 spiro atoms. The minimum atomic E-state index is -0.499. The highest BCUT2D eigenvalue weighted by atomic mass is 32.2. The lowest BCUT2D eigenvalue weighted by Crippen LogP contribution is -2.17. The number of carbonyl (C=O) groups is 1. The number of hydrogen-bond donors (Lipinski definition) is 1. The van der Waals surface area contributed by atoms with Gasteiger partial charge in [0.15, 0.2) is 5.16 Å². The van der Waals surface area contributed by atoms with E-state index < -0.39 is 11.5 Å². The van der Waals surface area contributed by atoms with E-state index in [2.05, 4.69) is 9.97 Å². The van der Waals surface area contributed by atoms with Gasteiger partial charge in [-0.05, 0) is 18.6 Å². The molecule has 0 bridgehead atoms. The van der Waals surface area contributed by atoms with Crippen molar-refractivity contribution in [2.75, 3.05) is 19.0 Å². The van der Waals surface area contributed by atoms with Crippen molar-refractivity contribution in [1.82, 2.24) is 9.97 Å². The van der Waals surface area contributed by atoms with Crippen LogP contribution in [0, 0.1) is 11.3 Å². The number of rotatable bonds is 8. The number of aryl methyl sites for hydroxylation is 1. The average Bonchev–Trinajstić information content (AvgIpc) is 2.64. The van der Waals surface area contributed by atoms with Crippen molar-refractivity contribution in [3.8, 4) is 11.8 Å². The fraction of sp³-hybridized carbons (Fsp3) is 0.294. The molecule has 0 atom stereocenters. The number of thioether (sulfide) groups is 1. The maximum absolute atomic E-state index is 11.8. The second-order valence-corrected chi connectivity index (χ2v) is 5.79. The molecule has 0 saturated carbocycles. The fourth-order valence-corrected chi connectivity index (χ4v) is 2.61. The summed E-state index contributed by atoms with van der Waals surface area (Å²) in [5.74, 6) is 0.273. The summed E-state index contributed by atoms with van der Waals surface area (Å²) >= 11 is 1.05. The second-order valence-electron chi connectivity index (χ2n) is 4.83. The van der Waals surface area contributed by atoms with E-state index in [9.17, 15) is 9.59 Å². The molecule has 0 amide bonds. The van der Waals surface area contributed by atoms with Crippen LogP contribution in [0.4, 0.5) is 0 Å². The molecule has 1 aromatic heterocycles. The topological polar surface area (TPSA) is 105 Å². The highest BCUT2D eigenvalue weighted by Crippen LogP contribution is 2.13. The third kappa shape index (κ3) is 5.65. The lowest BCUT2D eigenvalue weighted by Gasteiger charge is -2.07.